The van der Waals surface area contributed by atoms with Gasteiger partial charge in [-0.15, -0.1) is 0 Å². The zero-order chi connectivity index (χ0) is 12.3. The first-order valence-electron chi connectivity index (χ1n) is 6.27. The molecule has 17 heavy (non-hydrogen) atoms. The third-order valence-corrected chi connectivity index (χ3v) is 3.46. The predicted octanol–water partition coefficient (Wildman–Crippen LogP) is 1.10. The van der Waals surface area contributed by atoms with Gasteiger partial charge in [0, 0.05) is 26.3 Å². The zero-order valence-corrected chi connectivity index (χ0v) is 10.6. The Labute approximate surface area is 103 Å². The summed E-state index contributed by atoms with van der Waals surface area (Å²) >= 11 is 0. The summed E-state index contributed by atoms with van der Waals surface area (Å²) in [5.74, 6) is 0.760. The van der Waals surface area contributed by atoms with E-state index in [1.807, 2.05) is 41.9 Å². The maximum Gasteiger partial charge on any atom is 0.270 e. The van der Waals surface area contributed by atoms with Gasteiger partial charge < -0.3 is 14.8 Å². The van der Waals surface area contributed by atoms with E-state index in [0.29, 0.717) is 5.92 Å². The van der Waals surface area contributed by atoms with Crippen molar-refractivity contribution >= 4 is 5.91 Å². The molecular weight excluding hydrogens is 214 g/mol. The fourth-order valence-electron chi connectivity index (χ4n) is 2.55. The molecule has 1 aromatic heterocycles. The molecule has 0 spiro atoms. The highest BCUT2D eigenvalue weighted by Gasteiger charge is 2.24. The zero-order valence-electron chi connectivity index (χ0n) is 10.6. The molecular formula is C13H21N3O. The first kappa shape index (κ1) is 12.2. The van der Waals surface area contributed by atoms with Crippen molar-refractivity contribution in [1.82, 2.24) is 14.8 Å². The molecule has 1 aliphatic heterocycles. The van der Waals surface area contributed by atoms with Crippen LogP contribution in [0.3, 0.4) is 0 Å². The minimum Gasteiger partial charge on any atom is -0.347 e. The van der Waals surface area contributed by atoms with Crippen LogP contribution in [0, 0.1) is 5.92 Å². The molecule has 1 N–H and O–H groups in total. The van der Waals surface area contributed by atoms with Crippen LogP contribution < -0.4 is 5.32 Å². The van der Waals surface area contributed by atoms with Gasteiger partial charge in [-0.25, -0.2) is 0 Å². The van der Waals surface area contributed by atoms with Crippen LogP contribution >= 0.6 is 0 Å². The lowest BCUT2D eigenvalue weighted by molar-refractivity contribution is 0.0664. The van der Waals surface area contributed by atoms with Gasteiger partial charge in [0.2, 0.25) is 0 Å². The molecule has 0 aliphatic carbocycles. The molecule has 2 heterocycles. The van der Waals surface area contributed by atoms with E-state index in [4.69, 9.17) is 0 Å². The molecule has 2 rings (SSSR count). The number of nitrogens with zero attached hydrogens (tertiary/aromatic N) is 2. The molecule has 1 atom stereocenters. The SMILES string of the molecule is CNC[C@@H]1CCCN(C(=O)c2cccn2C)C1. The maximum atomic E-state index is 12.3. The van der Waals surface area contributed by atoms with Gasteiger partial charge in [-0.2, -0.15) is 0 Å². The molecule has 1 aromatic rings. The minimum atomic E-state index is 0.165. The number of piperidine rings is 1. The number of rotatable bonds is 3. The smallest absolute Gasteiger partial charge is 0.270 e. The average molecular weight is 235 g/mol. The summed E-state index contributed by atoms with van der Waals surface area (Å²) in [4.78, 5) is 14.3. The Kier molecular flexibility index (Phi) is 3.84. The van der Waals surface area contributed by atoms with Crippen LogP contribution in [0.5, 0.6) is 0 Å². The number of carbonyl (C=O) groups excluding carboxylic acids is 1. The standard InChI is InChI=1S/C13H21N3O/c1-14-9-11-5-3-8-16(10-11)13(17)12-6-4-7-15(12)2/h4,6-7,11,14H,3,5,8-10H2,1-2H3/t11-/m0/s1. The highest BCUT2D eigenvalue weighted by molar-refractivity contribution is 5.92. The lowest BCUT2D eigenvalue weighted by atomic mass is 9.98. The number of likely N-dealkylation sites (tertiary alicyclic amines) is 1. The van der Waals surface area contributed by atoms with Gasteiger partial charge in [-0.3, -0.25) is 4.79 Å². The van der Waals surface area contributed by atoms with Gasteiger partial charge in [0.15, 0.2) is 0 Å². The Morgan fingerprint density at radius 1 is 1.59 bits per heavy atom. The number of nitrogens with one attached hydrogen (secondary N) is 1. The van der Waals surface area contributed by atoms with Crippen molar-refractivity contribution in [2.24, 2.45) is 13.0 Å². The Morgan fingerprint density at radius 2 is 2.41 bits per heavy atom. The molecule has 4 heteroatoms. The van der Waals surface area contributed by atoms with Gasteiger partial charge >= 0.3 is 0 Å². The first-order valence-corrected chi connectivity index (χ1v) is 6.27. The monoisotopic (exact) mass is 235 g/mol. The Morgan fingerprint density at radius 3 is 3.06 bits per heavy atom. The number of aryl methyl sites for hydroxylation is 1. The second-order valence-corrected chi connectivity index (χ2v) is 4.82. The van der Waals surface area contributed by atoms with Crippen molar-refractivity contribution in [3.63, 3.8) is 0 Å². The van der Waals surface area contributed by atoms with Crippen molar-refractivity contribution in [2.45, 2.75) is 12.8 Å². The van der Waals surface area contributed by atoms with E-state index in [2.05, 4.69) is 5.32 Å². The van der Waals surface area contributed by atoms with Crippen LogP contribution in [-0.4, -0.2) is 42.1 Å². The molecule has 1 saturated heterocycles. The van der Waals surface area contributed by atoms with Crippen molar-refractivity contribution in [3.05, 3.63) is 24.0 Å². The van der Waals surface area contributed by atoms with E-state index in [1.165, 1.54) is 6.42 Å². The molecule has 1 fully saturated rings. The third-order valence-electron chi connectivity index (χ3n) is 3.46. The van der Waals surface area contributed by atoms with Crippen molar-refractivity contribution in [3.8, 4) is 0 Å². The molecule has 1 aliphatic rings. The molecule has 0 aromatic carbocycles. The highest BCUT2D eigenvalue weighted by Crippen LogP contribution is 2.18. The summed E-state index contributed by atoms with van der Waals surface area (Å²) in [6, 6.07) is 3.81. The number of hydrogen-bond acceptors (Lipinski definition) is 2. The summed E-state index contributed by atoms with van der Waals surface area (Å²) in [7, 11) is 3.89. The number of aromatic nitrogens is 1. The molecule has 0 unspecified atom stereocenters. The molecule has 0 radical (unpaired) electrons. The van der Waals surface area contributed by atoms with E-state index in [0.717, 1.165) is 31.7 Å². The van der Waals surface area contributed by atoms with Crippen molar-refractivity contribution in [2.75, 3.05) is 26.7 Å². The normalized spacial score (nSPS) is 20.6. The van der Waals surface area contributed by atoms with Gasteiger partial charge in [0.1, 0.15) is 5.69 Å². The number of carbonyl (C=O) groups is 1. The Balaban J connectivity index is 2.02. The van der Waals surface area contributed by atoms with E-state index < -0.39 is 0 Å². The minimum absolute atomic E-state index is 0.165. The van der Waals surface area contributed by atoms with Crippen LogP contribution in [0.2, 0.25) is 0 Å². The fraction of sp³-hybridized carbons (Fsp3) is 0.615. The van der Waals surface area contributed by atoms with Crippen LogP contribution in [0.4, 0.5) is 0 Å². The van der Waals surface area contributed by atoms with E-state index in [-0.39, 0.29) is 5.91 Å². The van der Waals surface area contributed by atoms with E-state index in [1.54, 1.807) is 0 Å². The largest absolute Gasteiger partial charge is 0.347 e. The Bertz CT molecular complexity index is 384. The second kappa shape index (κ2) is 5.36. The predicted molar refractivity (Wildman–Crippen MR) is 68.0 cm³/mol. The topological polar surface area (TPSA) is 37.3 Å². The summed E-state index contributed by atoms with van der Waals surface area (Å²) in [6.45, 7) is 2.77. The highest BCUT2D eigenvalue weighted by atomic mass is 16.2. The first-order chi connectivity index (χ1) is 8.22. The van der Waals surface area contributed by atoms with Crippen molar-refractivity contribution in [1.29, 1.82) is 0 Å². The van der Waals surface area contributed by atoms with Gasteiger partial charge in [-0.1, -0.05) is 0 Å². The van der Waals surface area contributed by atoms with Crippen LogP contribution in [0.25, 0.3) is 0 Å². The summed E-state index contributed by atoms with van der Waals surface area (Å²) < 4.78 is 1.89. The summed E-state index contributed by atoms with van der Waals surface area (Å²) in [5, 5.41) is 3.20. The molecule has 94 valence electrons. The average Bonchev–Trinajstić information content (AvgIpc) is 2.75. The summed E-state index contributed by atoms with van der Waals surface area (Å²) in [6.07, 6.45) is 4.25. The van der Waals surface area contributed by atoms with Crippen LogP contribution in [0.15, 0.2) is 18.3 Å². The molecule has 0 saturated carbocycles. The maximum absolute atomic E-state index is 12.3. The lowest BCUT2D eigenvalue weighted by Crippen LogP contribution is -2.43. The third kappa shape index (κ3) is 2.69. The summed E-state index contributed by atoms with van der Waals surface area (Å²) in [5.41, 5.74) is 0.787. The van der Waals surface area contributed by atoms with Gasteiger partial charge in [0.25, 0.3) is 5.91 Å². The van der Waals surface area contributed by atoms with Gasteiger partial charge in [-0.05, 0) is 44.5 Å². The lowest BCUT2D eigenvalue weighted by Gasteiger charge is -2.32. The quantitative estimate of drug-likeness (QED) is 0.851. The van der Waals surface area contributed by atoms with Gasteiger partial charge in [0.05, 0.1) is 0 Å². The van der Waals surface area contributed by atoms with E-state index >= 15 is 0 Å². The number of amides is 1. The molecule has 4 nitrogen and oxygen atoms in total. The molecule has 1 amide bonds. The fourth-order valence-corrected chi connectivity index (χ4v) is 2.55. The van der Waals surface area contributed by atoms with Crippen LogP contribution in [-0.2, 0) is 7.05 Å². The van der Waals surface area contributed by atoms with E-state index in [9.17, 15) is 4.79 Å². The van der Waals surface area contributed by atoms with Crippen LogP contribution in [0.1, 0.15) is 23.3 Å². The number of hydrogen-bond donors (Lipinski definition) is 1. The van der Waals surface area contributed by atoms with Crippen molar-refractivity contribution < 1.29 is 4.79 Å². The molecule has 0 bridgehead atoms. The second-order valence-electron chi connectivity index (χ2n) is 4.82. The Hall–Kier alpha value is -1.29.